The second kappa shape index (κ2) is 9.48. The lowest BCUT2D eigenvalue weighted by Gasteiger charge is -2.18. The van der Waals surface area contributed by atoms with Crippen molar-refractivity contribution < 1.29 is 13.5 Å². The maximum Gasteiger partial charge on any atom is 0.387 e. The minimum Gasteiger partial charge on any atom is -0.435 e. The third-order valence-corrected chi connectivity index (χ3v) is 4.03. The van der Waals surface area contributed by atoms with Gasteiger partial charge in [-0.05, 0) is 66.9 Å². The molecule has 0 unspecified atom stereocenters. The lowest BCUT2D eigenvalue weighted by atomic mass is 10.00. The Hall–Kier alpha value is -2.21. The van der Waals surface area contributed by atoms with Gasteiger partial charge < -0.3 is 15.4 Å². The predicted molar refractivity (Wildman–Crippen MR) is 106 cm³/mol. The first-order chi connectivity index (χ1) is 12.3. The van der Waals surface area contributed by atoms with Crippen LogP contribution in [0.5, 0.6) is 5.75 Å². The molecule has 26 heavy (non-hydrogen) atoms. The number of anilines is 1. The van der Waals surface area contributed by atoms with Gasteiger partial charge in [-0.1, -0.05) is 38.1 Å². The molecule has 140 valence electrons. The molecule has 0 amide bonds. The second-order valence-electron chi connectivity index (χ2n) is 6.56. The molecular formula is C20H24F2N2OS. The van der Waals surface area contributed by atoms with E-state index in [0.29, 0.717) is 16.7 Å². The summed E-state index contributed by atoms with van der Waals surface area (Å²) < 4.78 is 28.6. The molecule has 0 aliphatic heterocycles. The van der Waals surface area contributed by atoms with E-state index in [9.17, 15) is 8.78 Å². The fraction of sp³-hybridized carbons (Fsp3) is 0.350. The standard InChI is InChI=1S/C20H24F2N2OS/c1-13(2)12-15-4-6-16(7-5-15)14(3)23-20(26)24-17-8-10-18(11-9-17)25-19(21)22/h4-11,13-14,19H,12H2,1-3H3,(H2,23,24,26)/t14-/m0/s1. The molecule has 2 aromatic rings. The number of thiocarbonyl (C=S) groups is 1. The van der Waals surface area contributed by atoms with Crippen LogP contribution in [0, 0.1) is 5.92 Å². The number of hydrogen-bond acceptors (Lipinski definition) is 2. The molecule has 3 nitrogen and oxygen atoms in total. The smallest absolute Gasteiger partial charge is 0.387 e. The zero-order chi connectivity index (χ0) is 19.1. The van der Waals surface area contributed by atoms with E-state index in [0.717, 1.165) is 12.0 Å². The van der Waals surface area contributed by atoms with Crippen molar-refractivity contribution in [2.45, 2.75) is 39.8 Å². The summed E-state index contributed by atoms with van der Waals surface area (Å²) in [5.74, 6) is 0.741. The average Bonchev–Trinajstić information content (AvgIpc) is 2.56. The van der Waals surface area contributed by atoms with E-state index < -0.39 is 6.61 Å². The summed E-state index contributed by atoms with van der Waals surface area (Å²) in [6.45, 7) is 3.61. The number of hydrogen-bond donors (Lipinski definition) is 2. The van der Waals surface area contributed by atoms with E-state index in [1.807, 2.05) is 6.92 Å². The number of nitrogens with one attached hydrogen (secondary N) is 2. The van der Waals surface area contributed by atoms with Crippen molar-refractivity contribution in [3.63, 3.8) is 0 Å². The molecule has 0 heterocycles. The van der Waals surface area contributed by atoms with Crippen LogP contribution in [0.2, 0.25) is 0 Å². The number of rotatable bonds is 7. The normalized spacial score (nSPS) is 12.1. The Kier molecular flexibility index (Phi) is 7.33. The maximum atomic E-state index is 12.2. The van der Waals surface area contributed by atoms with Crippen molar-refractivity contribution in [2.75, 3.05) is 5.32 Å². The molecule has 0 aliphatic rings. The molecule has 0 bridgehead atoms. The highest BCUT2D eigenvalue weighted by molar-refractivity contribution is 7.80. The first-order valence-corrected chi connectivity index (χ1v) is 8.95. The van der Waals surface area contributed by atoms with Crippen LogP contribution < -0.4 is 15.4 Å². The third-order valence-electron chi connectivity index (χ3n) is 3.81. The lowest BCUT2D eigenvalue weighted by molar-refractivity contribution is -0.0498. The largest absolute Gasteiger partial charge is 0.435 e. The van der Waals surface area contributed by atoms with E-state index in [4.69, 9.17) is 12.2 Å². The number of ether oxygens (including phenoxy) is 1. The van der Waals surface area contributed by atoms with Crippen LogP contribution in [-0.2, 0) is 6.42 Å². The molecule has 1 atom stereocenters. The molecule has 0 aromatic heterocycles. The topological polar surface area (TPSA) is 33.3 Å². The van der Waals surface area contributed by atoms with Gasteiger partial charge in [0.1, 0.15) is 5.75 Å². The highest BCUT2D eigenvalue weighted by Crippen LogP contribution is 2.19. The van der Waals surface area contributed by atoms with Gasteiger partial charge >= 0.3 is 6.61 Å². The fourth-order valence-electron chi connectivity index (χ4n) is 2.58. The molecule has 2 aromatic carbocycles. The zero-order valence-corrected chi connectivity index (χ0v) is 15.9. The van der Waals surface area contributed by atoms with E-state index in [2.05, 4.69) is 53.5 Å². The summed E-state index contributed by atoms with van der Waals surface area (Å²) in [7, 11) is 0. The Morgan fingerprint density at radius 2 is 1.62 bits per heavy atom. The predicted octanol–water partition coefficient (Wildman–Crippen LogP) is 5.53. The highest BCUT2D eigenvalue weighted by atomic mass is 32.1. The van der Waals surface area contributed by atoms with Crippen molar-refractivity contribution in [3.8, 4) is 5.75 Å². The minimum atomic E-state index is -2.83. The SMILES string of the molecule is CC(C)Cc1ccc([C@H](C)NC(=S)Nc2ccc(OC(F)F)cc2)cc1. The average molecular weight is 378 g/mol. The lowest BCUT2D eigenvalue weighted by Crippen LogP contribution is -2.30. The van der Waals surface area contributed by atoms with Crippen LogP contribution in [0.15, 0.2) is 48.5 Å². The second-order valence-corrected chi connectivity index (χ2v) is 6.97. The summed E-state index contributed by atoms with van der Waals surface area (Å²) in [6.07, 6.45) is 1.06. The molecule has 0 saturated heterocycles. The monoisotopic (exact) mass is 378 g/mol. The molecular weight excluding hydrogens is 354 g/mol. The van der Waals surface area contributed by atoms with Crippen LogP contribution in [0.25, 0.3) is 0 Å². The van der Waals surface area contributed by atoms with E-state index in [-0.39, 0.29) is 11.8 Å². The van der Waals surface area contributed by atoms with E-state index >= 15 is 0 Å². The molecule has 0 aliphatic carbocycles. The summed E-state index contributed by atoms with van der Waals surface area (Å²) in [5, 5.41) is 6.72. The van der Waals surface area contributed by atoms with Crippen molar-refractivity contribution >= 4 is 23.0 Å². The number of benzene rings is 2. The van der Waals surface area contributed by atoms with Gasteiger partial charge in [-0.3, -0.25) is 0 Å². The highest BCUT2D eigenvalue weighted by Gasteiger charge is 2.08. The number of halogens is 2. The first kappa shape index (κ1) is 20.1. The molecule has 0 saturated carbocycles. The molecule has 0 fully saturated rings. The quantitative estimate of drug-likeness (QED) is 0.620. The van der Waals surface area contributed by atoms with Crippen LogP contribution in [-0.4, -0.2) is 11.7 Å². The summed E-state index contributed by atoms with van der Waals surface area (Å²) >= 11 is 5.32. The summed E-state index contributed by atoms with van der Waals surface area (Å²) in [4.78, 5) is 0. The van der Waals surface area contributed by atoms with Crippen molar-refractivity contribution in [3.05, 3.63) is 59.7 Å². The Morgan fingerprint density at radius 1 is 1.00 bits per heavy atom. The summed E-state index contributed by atoms with van der Waals surface area (Å²) in [6, 6.07) is 14.8. The Balaban J connectivity index is 1.88. The zero-order valence-electron chi connectivity index (χ0n) is 15.1. The van der Waals surface area contributed by atoms with Gasteiger partial charge in [0.25, 0.3) is 0 Å². The molecule has 0 radical (unpaired) electrons. The summed E-state index contributed by atoms with van der Waals surface area (Å²) in [5.41, 5.74) is 3.16. The van der Waals surface area contributed by atoms with Gasteiger partial charge in [-0.15, -0.1) is 0 Å². The van der Waals surface area contributed by atoms with Crippen molar-refractivity contribution in [2.24, 2.45) is 5.92 Å². The minimum absolute atomic E-state index is 0.0459. The van der Waals surface area contributed by atoms with Gasteiger partial charge in [0.05, 0.1) is 6.04 Å². The van der Waals surface area contributed by atoms with Crippen molar-refractivity contribution in [1.29, 1.82) is 0 Å². The van der Waals surface area contributed by atoms with Crippen LogP contribution in [0.1, 0.15) is 37.9 Å². The van der Waals surface area contributed by atoms with Gasteiger partial charge in [0.2, 0.25) is 0 Å². The van der Waals surface area contributed by atoms with Crippen LogP contribution >= 0.6 is 12.2 Å². The van der Waals surface area contributed by atoms with E-state index in [1.165, 1.54) is 17.7 Å². The van der Waals surface area contributed by atoms with Gasteiger partial charge in [-0.25, -0.2) is 0 Å². The van der Waals surface area contributed by atoms with Gasteiger partial charge in [-0.2, -0.15) is 8.78 Å². The maximum absolute atomic E-state index is 12.2. The third kappa shape index (κ3) is 6.59. The Bertz CT molecular complexity index is 703. The van der Waals surface area contributed by atoms with Gasteiger partial charge in [0, 0.05) is 5.69 Å². The Morgan fingerprint density at radius 3 is 2.15 bits per heavy atom. The molecule has 0 spiro atoms. The van der Waals surface area contributed by atoms with Crippen LogP contribution in [0.3, 0.4) is 0 Å². The first-order valence-electron chi connectivity index (χ1n) is 8.54. The fourth-order valence-corrected chi connectivity index (χ4v) is 2.88. The van der Waals surface area contributed by atoms with Gasteiger partial charge in [0.15, 0.2) is 5.11 Å². The Labute approximate surface area is 158 Å². The molecule has 2 rings (SSSR count). The van der Waals surface area contributed by atoms with Crippen LogP contribution in [0.4, 0.5) is 14.5 Å². The number of alkyl halides is 2. The molecule has 6 heteroatoms. The molecule has 2 N–H and O–H groups in total. The van der Waals surface area contributed by atoms with E-state index in [1.54, 1.807) is 12.1 Å². The van der Waals surface area contributed by atoms with Crippen molar-refractivity contribution in [1.82, 2.24) is 5.32 Å².